The molecule has 20 heavy (non-hydrogen) atoms. The zero-order chi connectivity index (χ0) is 15.0. The van der Waals surface area contributed by atoms with Crippen molar-refractivity contribution in [2.45, 2.75) is 20.0 Å². The van der Waals surface area contributed by atoms with Gasteiger partial charge in [-0.15, -0.1) is 0 Å². The van der Waals surface area contributed by atoms with Crippen molar-refractivity contribution in [3.63, 3.8) is 0 Å². The predicted molar refractivity (Wildman–Crippen MR) is 82.3 cm³/mol. The van der Waals surface area contributed by atoms with Crippen LogP contribution in [0.1, 0.15) is 24.2 Å². The molecule has 1 aromatic rings. The Balaban J connectivity index is 2.83. The maximum atomic E-state index is 11.6. The van der Waals surface area contributed by atoms with Crippen LogP contribution in [0.15, 0.2) is 18.2 Å². The van der Waals surface area contributed by atoms with E-state index in [0.717, 1.165) is 5.75 Å². The zero-order valence-corrected chi connectivity index (χ0v) is 13.3. The first-order chi connectivity index (χ1) is 9.56. The van der Waals surface area contributed by atoms with Crippen molar-refractivity contribution in [2.24, 2.45) is 0 Å². The van der Waals surface area contributed by atoms with Gasteiger partial charge in [-0.1, -0.05) is 0 Å². The van der Waals surface area contributed by atoms with Gasteiger partial charge in [0.05, 0.1) is 13.2 Å². The highest BCUT2D eigenvalue weighted by atomic mass is 32.2. The van der Waals surface area contributed by atoms with Crippen LogP contribution in [0.25, 0.3) is 0 Å². The third-order valence-corrected chi connectivity index (χ3v) is 3.16. The van der Waals surface area contributed by atoms with Crippen LogP contribution in [0.3, 0.4) is 0 Å². The third kappa shape index (κ3) is 5.84. The fourth-order valence-electron chi connectivity index (χ4n) is 1.67. The van der Waals surface area contributed by atoms with E-state index in [0.29, 0.717) is 30.3 Å². The Labute approximate surface area is 124 Å². The van der Waals surface area contributed by atoms with E-state index in [2.05, 4.69) is 0 Å². The SMILES string of the molecule is COC[C@H](C)Oc1cc(OCCSC)cc(C(C)=O)c1. The molecular weight excluding hydrogens is 276 g/mol. The molecule has 0 bridgehead atoms. The molecule has 0 aromatic heterocycles. The van der Waals surface area contributed by atoms with E-state index in [1.807, 2.05) is 13.2 Å². The van der Waals surface area contributed by atoms with Crippen LogP contribution in [0.5, 0.6) is 11.5 Å². The van der Waals surface area contributed by atoms with E-state index in [1.54, 1.807) is 37.1 Å². The number of Topliss-reactive ketones (excluding diaryl/α,β-unsaturated/α-hetero) is 1. The fraction of sp³-hybridized carbons (Fsp3) is 0.533. The second-order valence-corrected chi connectivity index (χ2v) is 5.46. The molecule has 0 fully saturated rings. The van der Waals surface area contributed by atoms with Gasteiger partial charge in [-0.25, -0.2) is 0 Å². The predicted octanol–water partition coefficient (Wildman–Crippen LogP) is 3.04. The van der Waals surface area contributed by atoms with E-state index in [1.165, 1.54) is 6.92 Å². The minimum absolute atomic E-state index is 0.00967. The summed E-state index contributed by atoms with van der Waals surface area (Å²) >= 11 is 1.71. The number of benzene rings is 1. The molecule has 0 heterocycles. The largest absolute Gasteiger partial charge is 0.493 e. The molecule has 0 radical (unpaired) electrons. The van der Waals surface area contributed by atoms with E-state index in [4.69, 9.17) is 14.2 Å². The number of ketones is 1. The van der Waals surface area contributed by atoms with Crippen LogP contribution in [-0.2, 0) is 4.74 Å². The summed E-state index contributed by atoms with van der Waals surface area (Å²) in [6, 6.07) is 5.28. The van der Waals surface area contributed by atoms with Gasteiger partial charge in [0.1, 0.15) is 17.6 Å². The normalized spacial score (nSPS) is 12.0. The van der Waals surface area contributed by atoms with Crippen LogP contribution in [0.2, 0.25) is 0 Å². The summed E-state index contributed by atoms with van der Waals surface area (Å²) in [5.74, 6) is 2.18. The summed E-state index contributed by atoms with van der Waals surface area (Å²) in [5.41, 5.74) is 0.589. The average Bonchev–Trinajstić information content (AvgIpc) is 2.39. The summed E-state index contributed by atoms with van der Waals surface area (Å²) in [7, 11) is 1.63. The highest BCUT2D eigenvalue weighted by molar-refractivity contribution is 7.98. The molecule has 0 saturated carbocycles. The molecule has 0 spiro atoms. The number of hydrogen-bond acceptors (Lipinski definition) is 5. The lowest BCUT2D eigenvalue weighted by Crippen LogP contribution is -2.18. The lowest BCUT2D eigenvalue weighted by atomic mass is 10.1. The van der Waals surface area contributed by atoms with Gasteiger partial charge in [-0.3, -0.25) is 4.79 Å². The van der Waals surface area contributed by atoms with Crippen LogP contribution >= 0.6 is 11.8 Å². The lowest BCUT2D eigenvalue weighted by Gasteiger charge is -2.15. The third-order valence-electron chi connectivity index (χ3n) is 2.58. The Kier molecular flexibility index (Phi) is 7.47. The van der Waals surface area contributed by atoms with E-state index in [-0.39, 0.29) is 11.9 Å². The zero-order valence-electron chi connectivity index (χ0n) is 12.5. The summed E-state index contributed by atoms with van der Waals surface area (Å²) in [6.07, 6.45) is 1.94. The van der Waals surface area contributed by atoms with Gasteiger partial charge in [-0.05, 0) is 32.2 Å². The van der Waals surface area contributed by atoms with Crippen molar-refractivity contribution < 1.29 is 19.0 Å². The Hall–Kier alpha value is -1.20. The smallest absolute Gasteiger partial charge is 0.160 e. The first-order valence-electron chi connectivity index (χ1n) is 6.50. The molecule has 0 aliphatic rings. The molecule has 1 atom stereocenters. The van der Waals surface area contributed by atoms with Crippen LogP contribution in [-0.4, -0.2) is 44.2 Å². The van der Waals surface area contributed by atoms with Crippen molar-refractivity contribution in [1.29, 1.82) is 0 Å². The van der Waals surface area contributed by atoms with Crippen molar-refractivity contribution >= 4 is 17.5 Å². The van der Waals surface area contributed by atoms with Crippen molar-refractivity contribution in [2.75, 3.05) is 32.3 Å². The summed E-state index contributed by atoms with van der Waals surface area (Å²) in [6.45, 7) is 4.55. The Morgan fingerprint density at radius 2 is 2.00 bits per heavy atom. The van der Waals surface area contributed by atoms with Gasteiger partial charge >= 0.3 is 0 Å². The Bertz CT molecular complexity index is 434. The topological polar surface area (TPSA) is 44.8 Å². The van der Waals surface area contributed by atoms with Gasteiger partial charge in [0.25, 0.3) is 0 Å². The van der Waals surface area contributed by atoms with E-state index in [9.17, 15) is 4.79 Å². The highest BCUT2D eigenvalue weighted by Gasteiger charge is 2.09. The average molecular weight is 298 g/mol. The number of carbonyl (C=O) groups excluding carboxylic acids is 1. The van der Waals surface area contributed by atoms with Crippen LogP contribution in [0, 0.1) is 0 Å². The maximum absolute atomic E-state index is 11.6. The molecule has 5 heteroatoms. The summed E-state index contributed by atoms with van der Waals surface area (Å²) in [4.78, 5) is 11.6. The van der Waals surface area contributed by atoms with Crippen LogP contribution < -0.4 is 9.47 Å². The van der Waals surface area contributed by atoms with Gasteiger partial charge in [0.2, 0.25) is 0 Å². The second-order valence-electron chi connectivity index (χ2n) is 4.47. The molecule has 4 nitrogen and oxygen atoms in total. The number of rotatable bonds is 9. The molecule has 0 aliphatic carbocycles. The van der Waals surface area contributed by atoms with E-state index < -0.39 is 0 Å². The molecule has 112 valence electrons. The first kappa shape index (κ1) is 16.9. The molecule has 0 aliphatic heterocycles. The van der Waals surface area contributed by atoms with Gasteiger partial charge in [-0.2, -0.15) is 11.8 Å². The first-order valence-corrected chi connectivity index (χ1v) is 7.89. The van der Waals surface area contributed by atoms with Crippen molar-refractivity contribution in [3.05, 3.63) is 23.8 Å². The van der Waals surface area contributed by atoms with Crippen LogP contribution in [0.4, 0.5) is 0 Å². The van der Waals surface area contributed by atoms with Gasteiger partial charge in [0.15, 0.2) is 5.78 Å². The summed E-state index contributed by atoms with van der Waals surface area (Å²) in [5, 5.41) is 0. The van der Waals surface area contributed by atoms with E-state index >= 15 is 0 Å². The monoisotopic (exact) mass is 298 g/mol. The quantitative estimate of drug-likeness (QED) is 0.518. The summed E-state index contributed by atoms with van der Waals surface area (Å²) < 4.78 is 16.4. The molecule has 0 N–H and O–H groups in total. The maximum Gasteiger partial charge on any atom is 0.160 e. The number of hydrogen-bond donors (Lipinski definition) is 0. The van der Waals surface area contributed by atoms with Gasteiger partial charge in [0, 0.05) is 24.5 Å². The van der Waals surface area contributed by atoms with Crippen molar-refractivity contribution in [1.82, 2.24) is 0 Å². The Morgan fingerprint density at radius 1 is 1.30 bits per heavy atom. The molecule has 1 aromatic carbocycles. The van der Waals surface area contributed by atoms with Crippen molar-refractivity contribution in [3.8, 4) is 11.5 Å². The minimum atomic E-state index is -0.0822. The second kappa shape index (κ2) is 8.87. The molecule has 1 rings (SSSR count). The number of thioether (sulfide) groups is 1. The number of carbonyl (C=O) groups is 1. The van der Waals surface area contributed by atoms with Gasteiger partial charge < -0.3 is 14.2 Å². The molecule has 0 amide bonds. The Morgan fingerprint density at radius 3 is 2.60 bits per heavy atom. The lowest BCUT2D eigenvalue weighted by molar-refractivity contribution is 0.0914. The number of ether oxygens (including phenoxy) is 3. The fourth-order valence-corrected chi connectivity index (χ4v) is 1.92. The highest BCUT2D eigenvalue weighted by Crippen LogP contribution is 2.24. The molecule has 0 saturated heterocycles. The molecule has 0 unspecified atom stereocenters. The molecular formula is C15H22O4S. The standard InChI is InChI=1S/C15H22O4S/c1-11(10-17-3)19-15-8-13(12(2)16)7-14(9-15)18-5-6-20-4/h7-9,11H,5-6,10H2,1-4H3/t11-/m0/s1. The number of methoxy groups -OCH3 is 1. The minimum Gasteiger partial charge on any atom is -0.493 e.